The molecule has 1 aromatic carbocycles. The van der Waals surface area contributed by atoms with E-state index in [4.69, 9.17) is 0 Å². The molecule has 2 fully saturated rings. The standard InChI is InChI=1S/C14H16F3NO2/c15-14(16,17)20-12-4-2-1-3-11(12)13(19)7-8-18(9-13)10-5-6-10/h1-4,10,19H,5-9H2. The number of hydrogen-bond acceptors (Lipinski definition) is 3. The Balaban J connectivity index is 1.85. The molecule has 1 aromatic rings. The molecule has 0 amide bonds. The van der Waals surface area contributed by atoms with E-state index in [0.717, 1.165) is 12.8 Å². The molecule has 1 N–H and O–H groups in total. The maximum Gasteiger partial charge on any atom is 0.573 e. The largest absolute Gasteiger partial charge is 0.573 e. The van der Waals surface area contributed by atoms with Crippen molar-refractivity contribution in [3.63, 3.8) is 0 Å². The zero-order valence-electron chi connectivity index (χ0n) is 10.9. The summed E-state index contributed by atoms with van der Waals surface area (Å²) < 4.78 is 41.3. The fourth-order valence-electron chi connectivity index (χ4n) is 2.86. The molecule has 1 aliphatic carbocycles. The predicted molar refractivity (Wildman–Crippen MR) is 66.2 cm³/mol. The van der Waals surface area contributed by atoms with Crippen molar-refractivity contribution in [2.45, 2.75) is 37.3 Å². The first-order chi connectivity index (χ1) is 9.37. The van der Waals surface area contributed by atoms with Crippen molar-refractivity contribution in [1.29, 1.82) is 0 Å². The van der Waals surface area contributed by atoms with Gasteiger partial charge in [-0.3, -0.25) is 4.90 Å². The lowest BCUT2D eigenvalue weighted by Gasteiger charge is -2.26. The van der Waals surface area contributed by atoms with E-state index in [2.05, 4.69) is 9.64 Å². The maximum atomic E-state index is 12.4. The van der Waals surface area contributed by atoms with Gasteiger partial charge in [0.25, 0.3) is 0 Å². The second-order valence-electron chi connectivity index (χ2n) is 5.53. The SMILES string of the molecule is OC1(c2ccccc2OC(F)(F)F)CCN(C2CC2)C1. The van der Waals surface area contributed by atoms with Gasteiger partial charge in [0, 0.05) is 24.7 Å². The Kier molecular flexibility index (Phi) is 3.17. The highest BCUT2D eigenvalue weighted by molar-refractivity contribution is 5.39. The minimum Gasteiger partial charge on any atom is -0.405 e. The molecule has 1 saturated heterocycles. The molecule has 3 nitrogen and oxygen atoms in total. The second-order valence-corrected chi connectivity index (χ2v) is 5.53. The van der Waals surface area contributed by atoms with Gasteiger partial charge in [0.15, 0.2) is 0 Å². The van der Waals surface area contributed by atoms with Crippen LogP contribution in [0.1, 0.15) is 24.8 Å². The van der Waals surface area contributed by atoms with Crippen LogP contribution in [0.4, 0.5) is 13.2 Å². The van der Waals surface area contributed by atoms with E-state index in [1.165, 1.54) is 18.2 Å². The number of nitrogens with zero attached hydrogens (tertiary/aromatic N) is 1. The molecular formula is C14H16F3NO2. The third-order valence-corrected chi connectivity index (χ3v) is 3.95. The highest BCUT2D eigenvalue weighted by atomic mass is 19.4. The van der Waals surface area contributed by atoms with Crippen LogP contribution in [0.25, 0.3) is 0 Å². The third kappa shape index (κ3) is 2.76. The minimum absolute atomic E-state index is 0.223. The number of rotatable bonds is 3. The molecule has 2 aliphatic rings. The number of para-hydroxylation sites is 1. The van der Waals surface area contributed by atoms with Crippen LogP contribution in [0.2, 0.25) is 0 Å². The van der Waals surface area contributed by atoms with E-state index in [0.29, 0.717) is 25.6 Å². The molecule has 1 heterocycles. The van der Waals surface area contributed by atoms with Gasteiger partial charge in [-0.1, -0.05) is 18.2 Å². The first kappa shape index (κ1) is 13.7. The molecule has 0 radical (unpaired) electrons. The summed E-state index contributed by atoms with van der Waals surface area (Å²) in [6.07, 6.45) is -2.10. The normalized spacial score (nSPS) is 27.8. The van der Waals surface area contributed by atoms with Crippen molar-refractivity contribution < 1.29 is 23.0 Å². The van der Waals surface area contributed by atoms with Crippen molar-refractivity contribution in [2.75, 3.05) is 13.1 Å². The lowest BCUT2D eigenvalue weighted by atomic mass is 9.92. The summed E-state index contributed by atoms with van der Waals surface area (Å²) in [5, 5.41) is 10.7. The highest BCUT2D eigenvalue weighted by Crippen LogP contribution is 2.42. The molecule has 6 heteroatoms. The topological polar surface area (TPSA) is 32.7 Å². The first-order valence-electron chi connectivity index (χ1n) is 6.69. The number of β-amino-alcohol motifs (C(OH)–C–C–N with tert-alkyl or cyclic N) is 1. The number of ether oxygens (including phenoxy) is 1. The molecular weight excluding hydrogens is 271 g/mol. The Morgan fingerprint density at radius 1 is 1.25 bits per heavy atom. The van der Waals surface area contributed by atoms with Gasteiger partial charge in [-0.15, -0.1) is 13.2 Å². The Bertz CT molecular complexity index is 501. The van der Waals surface area contributed by atoms with Crippen LogP contribution in [-0.4, -0.2) is 35.5 Å². The molecule has 1 saturated carbocycles. The van der Waals surface area contributed by atoms with Crippen LogP contribution in [0, 0.1) is 0 Å². The molecule has 1 aliphatic heterocycles. The summed E-state index contributed by atoms with van der Waals surface area (Å²) in [5.74, 6) is -0.305. The lowest BCUT2D eigenvalue weighted by Crippen LogP contribution is -2.33. The van der Waals surface area contributed by atoms with Gasteiger partial charge in [-0.2, -0.15) is 0 Å². The summed E-state index contributed by atoms with van der Waals surface area (Å²) >= 11 is 0. The quantitative estimate of drug-likeness (QED) is 0.927. The van der Waals surface area contributed by atoms with Crippen molar-refractivity contribution in [3.8, 4) is 5.75 Å². The summed E-state index contributed by atoms with van der Waals surface area (Å²) in [5.41, 5.74) is -1.04. The Morgan fingerprint density at radius 3 is 2.60 bits per heavy atom. The fraction of sp³-hybridized carbons (Fsp3) is 0.571. The molecule has 110 valence electrons. The number of aliphatic hydroxyl groups is 1. The monoisotopic (exact) mass is 287 g/mol. The Hall–Kier alpha value is -1.27. The number of halogens is 3. The average Bonchev–Trinajstić information content (AvgIpc) is 3.12. The van der Waals surface area contributed by atoms with Crippen LogP contribution < -0.4 is 4.74 Å². The van der Waals surface area contributed by atoms with E-state index >= 15 is 0 Å². The van der Waals surface area contributed by atoms with Crippen LogP contribution in [0.5, 0.6) is 5.75 Å². The number of hydrogen-bond donors (Lipinski definition) is 1. The van der Waals surface area contributed by atoms with E-state index in [1.807, 2.05) is 0 Å². The van der Waals surface area contributed by atoms with Crippen LogP contribution in [0.15, 0.2) is 24.3 Å². The molecule has 0 spiro atoms. The highest BCUT2D eigenvalue weighted by Gasteiger charge is 2.45. The van der Waals surface area contributed by atoms with E-state index < -0.39 is 12.0 Å². The van der Waals surface area contributed by atoms with Crippen LogP contribution in [0.3, 0.4) is 0 Å². The van der Waals surface area contributed by atoms with Crippen molar-refractivity contribution in [2.24, 2.45) is 0 Å². The number of alkyl halides is 3. The van der Waals surface area contributed by atoms with Crippen LogP contribution >= 0.6 is 0 Å². The third-order valence-electron chi connectivity index (χ3n) is 3.95. The van der Waals surface area contributed by atoms with Gasteiger partial charge in [-0.05, 0) is 25.3 Å². The first-order valence-corrected chi connectivity index (χ1v) is 6.69. The van der Waals surface area contributed by atoms with Crippen LogP contribution in [-0.2, 0) is 5.60 Å². The smallest absolute Gasteiger partial charge is 0.405 e. The van der Waals surface area contributed by atoms with Gasteiger partial charge in [0.1, 0.15) is 11.4 Å². The zero-order valence-corrected chi connectivity index (χ0v) is 10.9. The lowest BCUT2D eigenvalue weighted by molar-refractivity contribution is -0.275. The van der Waals surface area contributed by atoms with E-state index in [-0.39, 0.29) is 11.3 Å². The number of likely N-dealkylation sites (tertiary alicyclic amines) is 1. The summed E-state index contributed by atoms with van der Waals surface area (Å²) in [6.45, 7) is 1.08. The summed E-state index contributed by atoms with van der Waals surface area (Å²) in [4.78, 5) is 2.14. The Morgan fingerprint density at radius 2 is 1.95 bits per heavy atom. The average molecular weight is 287 g/mol. The second kappa shape index (κ2) is 4.63. The van der Waals surface area contributed by atoms with Crippen molar-refractivity contribution >= 4 is 0 Å². The van der Waals surface area contributed by atoms with Gasteiger partial charge < -0.3 is 9.84 Å². The van der Waals surface area contributed by atoms with Gasteiger partial charge in [-0.25, -0.2) is 0 Å². The fourth-order valence-corrected chi connectivity index (χ4v) is 2.86. The molecule has 0 aromatic heterocycles. The molecule has 20 heavy (non-hydrogen) atoms. The van der Waals surface area contributed by atoms with Gasteiger partial charge in [0.05, 0.1) is 0 Å². The van der Waals surface area contributed by atoms with Crippen molar-refractivity contribution in [3.05, 3.63) is 29.8 Å². The number of benzene rings is 1. The Labute approximate surface area is 115 Å². The van der Waals surface area contributed by atoms with Gasteiger partial charge >= 0.3 is 6.36 Å². The summed E-state index contributed by atoms with van der Waals surface area (Å²) in [6, 6.07) is 6.34. The summed E-state index contributed by atoms with van der Waals surface area (Å²) in [7, 11) is 0. The van der Waals surface area contributed by atoms with E-state index in [9.17, 15) is 18.3 Å². The predicted octanol–water partition coefficient (Wildman–Crippen LogP) is 2.64. The zero-order chi connectivity index (χ0) is 14.4. The molecule has 1 atom stereocenters. The molecule has 1 unspecified atom stereocenters. The van der Waals surface area contributed by atoms with E-state index in [1.54, 1.807) is 6.07 Å². The maximum absolute atomic E-state index is 12.4. The molecule has 0 bridgehead atoms. The van der Waals surface area contributed by atoms with Gasteiger partial charge in [0.2, 0.25) is 0 Å². The molecule has 3 rings (SSSR count). The van der Waals surface area contributed by atoms with Crippen molar-refractivity contribution in [1.82, 2.24) is 4.90 Å². The minimum atomic E-state index is -4.75.